The van der Waals surface area contributed by atoms with Gasteiger partial charge in [0, 0.05) is 5.56 Å². The number of fused-ring (bicyclic) bond motifs is 3. The summed E-state index contributed by atoms with van der Waals surface area (Å²) in [6.07, 6.45) is 0. The molecule has 4 rings (SSSR count). The van der Waals surface area contributed by atoms with Crippen LogP contribution in [0.2, 0.25) is 0 Å². The summed E-state index contributed by atoms with van der Waals surface area (Å²) in [7, 11) is 0. The third-order valence-electron chi connectivity index (χ3n) is 4.91. The molecule has 1 aliphatic carbocycles. The summed E-state index contributed by atoms with van der Waals surface area (Å²) in [6, 6.07) is 19.4. The van der Waals surface area contributed by atoms with Crippen molar-refractivity contribution < 1.29 is 14.3 Å². The Bertz CT molecular complexity index is 977. The molecule has 0 aromatic heterocycles. The van der Waals surface area contributed by atoms with Gasteiger partial charge in [0.15, 0.2) is 17.3 Å². The van der Waals surface area contributed by atoms with Crippen molar-refractivity contribution in [3.05, 3.63) is 89.2 Å². The van der Waals surface area contributed by atoms with E-state index in [0.717, 1.165) is 16.7 Å². The number of phenolic OH excluding ortho intramolecular Hbond substituents is 1. The molecule has 0 bridgehead atoms. The Morgan fingerprint density at radius 2 is 1.50 bits per heavy atom. The van der Waals surface area contributed by atoms with Gasteiger partial charge in [-0.15, -0.1) is 0 Å². The van der Waals surface area contributed by atoms with Gasteiger partial charge in [-0.3, -0.25) is 4.79 Å². The minimum absolute atomic E-state index is 0.0677. The first-order valence-corrected chi connectivity index (χ1v) is 7.76. The highest BCUT2D eigenvalue weighted by molar-refractivity contribution is 6.14. The molecule has 0 saturated carbocycles. The van der Waals surface area contributed by atoms with Crippen molar-refractivity contribution >= 4 is 5.78 Å². The Kier molecular flexibility index (Phi) is 3.07. The predicted molar refractivity (Wildman–Crippen MR) is 90.7 cm³/mol. The molecule has 1 N–H and O–H groups in total. The molecule has 1 aliphatic rings. The van der Waals surface area contributed by atoms with E-state index in [2.05, 4.69) is 0 Å². The van der Waals surface area contributed by atoms with Gasteiger partial charge in [-0.2, -0.15) is 0 Å². The first-order chi connectivity index (χ1) is 11.5. The Labute approximate surface area is 139 Å². The highest BCUT2D eigenvalue weighted by atomic mass is 19.1. The number of carbonyl (C=O) groups excluding carboxylic acids is 1. The SMILES string of the molecule is C[C@]1(c2ccc(O)c(F)c2)C(=O)c2ccccc2-c2ccccc21. The molecule has 0 aliphatic heterocycles. The smallest absolute Gasteiger partial charge is 0.178 e. The zero-order valence-corrected chi connectivity index (χ0v) is 13.1. The summed E-state index contributed by atoms with van der Waals surface area (Å²) in [5.74, 6) is -1.21. The van der Waals surface area contributed by atoms with Gasteiger partial charge in [0.25, 0.3) is 0 Å². The fourth-order valence-electron chi connectivity index (χ4n) is 3.57. The quantitative estimate of drug-likeness (QED) is 0.706. The van der Waals surface area contributed by atoms with E-state index < -0.39 is 17.0 Å². The van der Waals surface area contributed by atoms with Crippen LogP contribution in [0.25, 0.3) is 11.1 Å². The van der Waals surface area contributed by atoms with Crippen molar-refractivity contribution in [3.8, 4) is 16.9 Å². The second-order valence-corrected chi connectivity index (χ2v) is 6.21. The molecule has 3 heteroatoms. The normalized spacial score (nSPS) is 18.8. The first kappa shape index (κ1) is 14.6. The number of carbonyl (C=O) groups is 1. The van der Waals surface area contributed by atoms with Crippen LogP contribution in [0, 0.1) is 5.82 Å². The lowest BCUT2D eigenvalue weighted by Gasteiger charge is -2.36. The van der Waals surface area contributed by atoms with E-state index in [-0.39, 0.29) is 5.78 Å². The highest BCUT2D eigenvalue weighted by Crippen LogP contribution is 2.46. The summed E-state index contributed by atoms with van der Waals surface area (Å²) in [4.78, 5) is 13.3. The van der Waals surface area contributed by atoms with Crippen molar-refractivity contribution in [2.75, 3.05) is 0 Å². The number of aromatic hydroxyl groups is 1. The second-order valence-electron chi connectivity index (χ2n) is 6.21. The molecule has 0 spiro atoms. The van der Waals surface area contributed by atoms with Crippen LogP contribution in [-0.4, -0.2) is 10.9 Å². The van der Waals surface area contributed by atoms with Gasteiger partial charge in [0.05, 0.1) is 5.41 Å². The first-order valence-electron chi connectivity index (χ1n) is 7.76. The number of phenols is 1. The van der Waals surface area contributed by atoms with Crippen molar-refractivity contribution in [3.63, 3.8) is 0 Å². The van der Waals surface area contributed by atoms with Gasteiger partial charge < -0.3 is 5.11 Å². The van der Waals surface area contributed by atoms with Crippen LogP contribution in [0.5, 0.6) is 5.75 Å². The van der Waals surface area contributed by atoms with Crippen LogP contribution < -0.4 is 0 Å². The van der Waals surface area contributed by atoms with E-state index in [1.165, 1.54) is 12.1 Å². The Balaban J connectivity index is 2.06. The minimum atomic E-state index is -1.00. The summed E-state index contributed by atoms with van der Waals surface area (Å²) < 4.78 is 13.9. The molecule has 0 amide bonds. The molecule has 1 atom stereocenters. The number of ketones is 1. The van der Waals surface area contributed by atoms with Crippen molar-refractivity contribution in [1.29, 1.82) is 0 Å². The van der Waals surface area contributed by atoms with Gasteiger partial charge in [-0.1, -0.05) is 54.6 Å². The molecule has 0 unspecified atom stereocenters. The van der Waals surface area contributed by atoms with E-state index in [9.17, 15) is 14.3 Å². The average molecular weight is 318 g/mol. The lowest BCUT2D eigenvalue weighted by atomic mass is 9.64. The minimum Gasteiger partial charge on any atom is -0.505 e. The third-order valence-corrected chi connectivity index (χ3v) is 4.91. The van der Waals surface area contributed by atoms with Crippen molar-refractivity contribution in [2.24, 2.45) is 0 Å². The van der Waals surface area contributed by atoms with E-state index in [1.807, 2.05) is 55.5 Å². The molecule has 3 aromatic carbocycles. The zero-order valence-electron chi connectivity index (χ0n) is 13.1. The number of halogens is 1. The number of hydrogen-bond donors (Lipinski definition) is 1. The van der Waals surface area contributed by atoms with Gasteiger partial charge >= 0.3 is 0 Å². The van der Waals surface area contributed by atoms with Gasteiger partial charge in [0.1, 0.15) is 0 Å². The van der Waals surface area contributed by atoms with Crippen molar-refractivity contribution in [2.45, 2.75) is 12.3 Å². The van der Waals surface area contributed by atoms with Crippen LogP contribution in [0.15, 0.2) is 66.7 Å². The number of Topliss-reactive ketones (excluding diaryl/α,β-unsaturated/α-hetero) is 1. The van der Waals surface area contributed by atoms with Crippen LogP contribution in [-0.2, 0) is 5.41 Å². The molecule has 24 heavy (non-hydrogen) atoms. The Hall–Kier alpha value is -2.94. The predicted octanol–water partition coefficient (Wildman–Crippen LogP) is 4.70. The molecular formula is C21H15FO2. The molecule has 0 saturated heterocycles. The maximum atomic E-state index is 13.9. The molecule has 0 heterocycles. The Morgan fingerprint density at radius 3 is 2.21 bits per heavy atom. The number of hydrogen-bond acceptors (Lipinski definition) is 2. The average Bonchev–Trinajstić information content (AvgIpc) is 2.62. The summed E-state index contributed by atoms with van der Waals surface area (Å²) in [6.45, 7) is 1.82. The van der Waals surface area contributed by atoms with Gasteiger partial charge in [-0.25, -0.2) is 4.39 Å². The lowest BCUT2D eigenvalue weighted by Crippen LogP contribution is -2.37. The topological polar surface area (TPSA) is 37.3 Å². The third kappa shape index (κ3) is 1.84. The van der Waals surface area contributed by atoms with Crippen LogP contribution in [0.3, 0.4) is 0 Å². The van der Waals surface area contributed by atoms with Gasteiger partial charge in [-0.05, 0) is 41.3 Å². The summed E-state index contributed by atoms with van der Waals surface area (Å²) in [5.41, 5.74) is 2.88. The van der Waals surface area contributed by atoms with E-state index in [0.29, 0.717) is 11.1 Å². The highest BCUT2D eigenvalue weighted by Gasteiger charge is 2.43. The van der Waals surface area contributed by atoms with E-state index >= 15 is 0 Å². The fourth-order valence-corrected chi connectivity index (χ4v) is 3.57. The molecule has 118 valence electrons. The van der Waals surface area contributed by atoms with Crippen molar-refractivity contribution in [1.82, 2.24) is 0 Å². The number of rotatable bonds is 1. The Morgan fingerprint density at radius 1 is 0.875 bits per heavy atom. The molecule has 0 fully saturated rings. The number of benzene rings is 3. The molecule has 2 nitrogen and oxygen atoms in total. The largest absolute Gasteiger partial charge is 0.505 e. The van der Waals surface area contributed by atoms with E-state index in [1.54, 1.807) is 6.07 Å². The molecule has 3 aromatic rings. The monoisotopic (exact) mass is 318 g/mol. The van der Waals surface area contributed by atoms with E-state index in [4.69, 9.17) is 0 Å². The molecular weight excluding hydrogens is 303 g/mol. The lowest BCUT2D eigenvalue weighted by molar-refractivity contribution is 0.0920. The standard InChI is InChI=1S/C21H15FO2/c1-21(13-10-11-19(23)18(22)12-13)17-9-5-4-7-15(17)14-6-2-3-8-16(14)20(21)24/h2-12,23H,1H3/t21-/m1/s1. The summed E-state index contributed by atoms with van der Waals surface area (Å²) >= 11 is 0. The van der Waals surface area contributed by atoms with Gasteiger partial charge in [0.2, 0.25) is 0 Å². The van der Waals surface area contributed by atoms with Crippen LogP contribution >= 0.6 is 0 Å². The second kappa shape index (κ2) is 5.03. The van der Waals surface area contributed by atoms with Crippen LogP contribution in [0.4, 0.5) is 4.39 Å². The fraction of sp³-hybridized carbons (Fsp3) is 0.0952. The van der Waals surface area contributed by atoms with Crippen LogP contribution in [0.1, 0.15) is 28.4 Å². The maximum Gasteiger partial charge on any atom is 0.178 e. The summed E-state index contributed by atoms with van der Waals surface area (Å²) in [5, 5.41) is 9.49. The zero-order chi connectivity index (χ0) is 16.9. The maximum absolute atomic E-state index is 13.9. The molecule has 0 radical (unpaired) electrons.